The van der Waals surface area contributed by atoms with E-state index in [-0.39, 0.29) is 0 Å². The second kappa shape index (κ2) is 2.73. The fraction of sp³-hybridized carbons (Fsp3) is 0. The van der Waals surface area contributed by atoms with Crippen LogP contribution in [0.4, 0.5) is 0 Å². The Bertz CT molecular complexity index is 109. The van der Waals surface area contributed by atoms with Gasteiger partial charge in [-0.15, -0.1) is 0 Å². The Labute approximate surface area is 37.7 Å². The zero-order chi connectivity index (χ0) is 5.70. The van der Waals surface area contributed by atoms with Gasteiger partial charge in [-0.2, -0.15) is 0 Å². The first kappa shape index (κ1) is 5.51. The Morgan fingerprint density at radius 3 is 2.71 bits per heavy atom. The first-order valence-corrected chi connectivity index (χ1v) is 1.21. The van der Waals surface area contributed by atoms with E-state index in [1.165, 1.54) is 5.53 Å². The lowest BCUT2D eigenvalue weighted by Crippen LogP contribution is -2.12. The molecule has 0 spiro atoms. The molecule has 0 aliphatic carbocycles. The molecule has 0 heterocycles. The lowest BCUT2D eigenvalue weighted by atomic mass is 12.4. The zero-order valence-electron chi connectivity index (χ0n) is 3.11. The summed E-state index contributed by atoms with van der Waals surface area (Å²) in [5.74, 6) is 0. The first-order valence-electron chi connectivity index (χ1n) is 1.21. The SMILES string of the molecule is [N-]=[N+]=NN[N+](=O)[O-]. The lowest BCUT2D eigenvalue weighted by molar-refractivity contribution is -0.545. The van der Waals surface area contributed by atoms with Gasteiger partial charge in [0, 0.05) is 0 Å². The van der Waals surface area contributed by atoms with Gasteiger partial charge in [-0.05, 0) is 0 Å². The van der Waals surface area contributed by atoms with Crippen molar-refractivity contribution in [2.45, 2.75) is 0 Å². The molecule has 0 atom stereocenters. The van der Waals surface area contributed by atoms with E-state index in [1.54, 1.807) is 0 Å². The molecular weight excluding hydrogens is 102 g/mol. The Morgan fingerprint density at radius 1 is 2.00 bits per heavy atom. The fourth-order valence-corrected chi connectivity index (χ4v) is 0.0565. The van der Waals surface area contributed by atoms with Crippen molar-refractivity contribution in [2.24, 2.45) is 5.22 Å². The van der Waals surface area contributed by atoms with E-state index >= 15 is 0 Å². The van der Waals surface area contributed by atoms with E-state index < -0.39 is 5.03 Å². The first-order chi connectivity index (χ1) is 3.27. The average molecular weight is 103 g/mol. The predicted molar refractivity (Wildman–Crippen MR) is 19.3 cm³/mol. The van der Waals surface area contributed by atoms with Crippen molar-refractivity contribution in [1.29, 1.82) is 0 Å². The van der Waals surface area contributed by atoms with Gasteiger partial charge in [-0.25, -0.2) is 0 Å². The molecule has 1 N–H and O–H groups in total. The molecule has 0 radical (unpaired) electrons. The number of hydrogen-bond acceptors (Lipinski definition) is 3. The highest BCUT2D eigenvalue weighted by Gasteiger charge is 1.92. The van der Waals surface area contributed by atoms with Crippen LogP contribution in [0.3, 0.4) is 0 Å². The maximum Gasteiger partial charge on any atom is 0.447 e. The van der Waals surface area contributed by atoms with E-state index in [1.807, 2.05) is 4.91 Å². The summed E-state index contributed by atoms with van der Waals surface area (Å²) >= 11 is 0. The number of rotatable bonds is 2. The molecule has 7 heteroatoms. The third-order valence-corrected chi connectivity index (χ3v) is 0.171. The molecule has 7 heavy (non-hydrogen) atoms. The summed E-state index contributed by atoms with van der Waals surface area (Å²) in [6, 6.07) is 0. The molecular formula is HN5O2. The summed E-state index contributed by atoms with van der Waals surface area (Å²) in [5, 5.41) is 10.6. The molecule has 0 saturated heterocycles. The van der Waals surface area contributed by atoms with Crippen LogP contribution >= 0.6 is 0 Å². The number of hydrazine groups is 1. The van der Waals surface area contributed by atoms with Crippen LogP contribution in [0.5, 0.6) is 0 Å². The fourth-order valence-electron chi connectivity index (χ4n) is 0.0565. The van der Waals surface area contributed by atoms with Crippen molar-refractivity contribution in [3.05, 3.63) is 20.6 Å². The van der Waals surface area contributed by atoms with Crippen LogP contribution in [0, 0.1) is 10.1 Å². The van der Waals surface area contributed by atoms with E-state index in [9.17, 15) is 10.1 Å². The average Bonchev–Trinajstić information content (AvgIpc) is 1.61. The van der Waals surface area contributed by atoms with E-state index in [2.05, 4.69) is 5.22 Å². The van der Waals surface area contributed by atoms with E-state index in [0.29, 0.717) is 0 Å². The Kier molecular flexibility index (Phi) is 2.15. The van der Waals surface area contributed by atoms with Crippen molar-refractivity contribution in [3.63, 3.8) is 0 Å². The Morgan fingerprint density at radius 2 is 2.57 bits per heavy atom. The normalized spacial score (nSPS) is 6.29. The van der Waals surface area contributed by atoms with E-state index in [0.717, 1.165) is 0 Å². The lowest BCUT2D eigenvalue weighted by Gasteiger charge is -1.71. The second-order valence-corrected chi connectivity index (χ2v) is 0.547. The van der Waals surface area contributed by atoms with Crippen molar-refractivity contribution in [1.82, 2.24) is 5.53 Å². The van der Waals surface area contributed by atoms with Crippen LogP contribution in [0.2, 0.25) is 0 Å². The van der Waals surface area contributed by atoms with Crippen LogP contribution in [0.15, 0.2) is 5.22 Å². The standard InChI is InChI=1S/HN5O2/c1-2-3-4-5(6)7/h4H. The zero-order valence-corrected chi connectivity index (χ0v) is 3.11. The van der Waals surface area contributed by atoms with Gasteiger partial charge in [-0.1, -0.05) is 5.53 Å². The molecule has 0 rings (SSSR count). The summed E-state index contributed by atoms with van der Waals surface area (Å²) in [4.78, 5) is 11.2. The highest BCUT2D eigenvalue weighted by atomic mass is 16.7. The van der Waals surface area contributed by atoms with Crippen molar-refractivity contribution >= 4 is 0 Å². The third kappa shape index (κ3) is 4.51. The quantitative estimate of drug-likeness (QED) is 0.175. The molecule has 0 fully saturated rings. The van der Waals surface area contributed by atoms with E-state index in [4.69, 9.17) is 5.53 Å². The minimum atomic E-state index is -0.959. The summed E-state index contributed by atoms with van der Waals surface area (Å²) in [5.41, 5.74) is 8.63. The van der Waals surface area contributed by atoms with Crippen LogP contribution in [-0.4, -0.2) is 5.03 Å². The molecule has 0 aromatic heterocycles. The third-order valence-electron chi connectivity index (χ3n) is 0.171. The molecule has 0 amide bonds. The molecule has 0 aliphatic heterocycles. The van der Waals surface area contributed by atoms with Crippen LogP contribution in [0.1, 0.15) is 0 Å². The topological polar surface area (TPSA) is 104 Å². The van der Waals surface area contributed by atoms with Crippen molar-refractivity contribution < 1.29 is 5.03 Å². The van der Waals surface area contributed by atoms with Gasteiger partial charge < -0.3 is 10.1 Å². The monoisotopic (exact) mass is 103 g/mol. The minimum absolute atomic E-state index is 0.959. The Hall–Kier alpha value is -1.49. The highest BCUT2D eigenvalue weighted by Crippen LogP contribution is 1.57. The maximum absolute atomic E-state index is 9.19. The highest BCUT2D eigenvalue weighted by molar-refractivity contribution is 4.29. The van der Waals surface area contributed by atoms with Gasteiger partial charge >= 0.3 is 5.22 Å². The summed E-state index contributed by atoms with van der Waals surface area (Å²) in [6.45, 7) is 0. The molecule has 0 bridgehead atoms. The van der Waals surface area contributed by atoms with Gasteiger partial charge in [0.25, 0.3) is 0 Å². The van der Waals surface area contributed by atoms with Crippen LogP contribution < -0.4 is 5.53 Å². The van der Waals surface area contributed by atoms with Gasteiger partial charge in [-0.3, -0.25) is 0 Å². The summed E-state index contributed by atoms with van der Waals surface area (Å²) < 4.78 is 0. The maximum atomic E-state index is 9.19. The number of hydrogen-bond donors (Lipinski definition) is 1. The summed E-state index contributed by atoms with van der Waals surface area (Å²) in [6.07, 6.45) is 0. The molecule has 0 saturated carbocycles. The smallest absolute Gasteiger partial charge is 0.322 e. The van der Waals surface area contributed by atoms with Crippen LogP contribution in [-0.2, 0) is 0 Å². The molecule has 7 nitrogen and oxygen atoms in total. The molecule has 0 aliphatic rings. The van der Waals surface area contributed by atoms with Crippen molar-refractivity contribution in [3.8, 4) is 0 Å². The Balaban J connectivity index is 3.32. The van der Waals surface area contributed by atoms with Gasteiger partial charge in [0.15, 0.2) is 0 Å². The van der Waals surface area contributed by atoms with Crippen molar-refractivity contribution in [2.75, 3.05) is 0 Å². The molecule has 0 unspecified atom stereocenters. The summed E-state index contributed by atoms with van der Waals surface area (Å²) in [7, 11) is 0. The number of nitrogens with zero attached hydrogens (tertiary/aromatic N) is 4. The van der Waals surface area contributed by atoms with Gasteiger partial charge in [0.2, 0.25) is 0 Å². The molecule has 0 aromatic carbocycles. The number of azide groups is 1. The number of nitro groups is 1. The van der Waals surface area contributed by atoms with Crippen LogP contribution in [0.25, 0.3) is 10.4 Å². The predicted octanol–water partition coefficient (Wildman–Crippen LogP) is -0.00700. The minimum Gasteiger partial charge on any atom is -0.322 e. The van der Waals surface area contributed by atoms with Gasteiger partial charge in [0.1, 0.15) is 10.6 Å². The molecule has 0 aromatic rings. The number of nitrogens with one attached hydrogen (secondary N) is 1. The van der Waals surface area contributed by atoms with Gasteiger partial charge in [0.05, 0.1) is 4.91 Å². The second-order valence-electron chi connectivity index (χ2n) is 0.547. The largest absolute Gasteiger partial charge is 0.447 e. The molecule has 38 valence electrons.